The van der Waals surface area contributed by atoms with Gasteiger partial charge >= 0.3 is 18.9 Å². The molecule has 27 heavy (non-hydrogen) atoms. The van der Waals surface area contributed by atoms with Crippen molar-refractivity contribution >= 4 is 8.32 Å². The van der Waals surface area contributed by atoms with Gasteiger partial charge in [0.1, 0.15) is 0 Å². The molecule has 0 spiro atoms. The maximum absolute atomic E-state index is 6.43. The Bertz CT molecular complexity index is 659. The average Bonchev–Trinajstić information content (AvgIpc) is 2.59. The van der Waals surface area contributed by atoms with Gasteiger partial charge in [-0.15, -0.1) is 41.3 Å². The fraction of sp³-hybridized carbons (Fsp3) is 0.458. The van der Waals surface area contributed by atoms with Gasteiger partial charge in [-0.05, 0) is 18.1 Å². The normalized spacial score (nSPS) is 11.6. The summed E-state index contributed by atoms with van der Waals surface area (Å²) >= 11 is 0. The van der Waals surface area contributed by atoms with Crippen molar-refractivity contribution in [1.82, 2.24) is 0 Å². The van der Waals surface area contributed by atoms with Crippen molar-refractivity contribution in [3.05, 3.63) is 71.6 Å². The van der Waals surface area contributed by atoms with E-state index in [1.165, 1.54) is 36.3 Å². The van der Waals surface area contributed by atoms with Crippen LogP contribution in [0.1, 0.15) is 64.5 Å². The summed E-state index contributed by atoms with van der Waals surface area (Å²) < 4.78 is 6.43. The summed E-state index contributed by atoms with van der Waals surface area (Å²) in [4.78, 5) is 0. The van der Waals surface area contributed by atoms with Crippen molar-refractivity contribution in [2.45, 2.75) is 71.5 Å². The minimum atomic E-state index is -1.79. The Morgan fingerprint density at radius 2 is 1.41 bits per heavy atom. The zero-order chi connectivity index (χ0) is 19.2. The van der Waals surface area contributed by atoms with Crippen LogP contribution in [0.25, 0.3) is 0 Å². The van der Waals surface area contributed by atoms with Crippen LogP contribution >= 0.6 is 0 Å². The molecule has 1 nitrogen and oxygen atoms in total. The molecule has 0 unspecified atom stereocenters. The summed E-state index contributed by atoms with van der Waals surface area (Å²) in [6.45, 7) is 13.7. The molecule has 0 atom stereocenters. The Labute approximate surface area is 180 Å². The molecule has 2 aromatic rings. The predicted molar refractivity (Wildman–Crippen MR) is 116 cm³/mol. The van der Waals surface area contributed by atoms with Gasteiger partial charge in [-0.3, -0.25) is 0 Å². The second-order valence-corrected chi connectivity index (χ2v) is 13.4. The molecule has 0 saturated heterocycles. The van der Waals surface area contributed by atoms with Crippen molar-refractivity contribution < 1.29 is 23.3 Å². The molecule has 0 aliphatic heterocycles. The van der Waals surface area contributed by atoms with E-state index in [0.29, 0.717) is 0 Å². The zero-order valence-corrected chi connectivity index (χ0v) is 19.4. The predicted octanol–water partition coefficient (Wildman–Crippen LogP) is 4.63. The molecule has 2 rings (SSSR count). The molecule has 0 bridgehead atoms. The molecular formula is C24H35LiOSi. The molecule has 0 aliphatic rings. The van der Waals surface area contributed by atoms with E-state index in [9.17, 15) is 0 Å². The van der Waals surface area contributed by atoms with Gasteiger partial charge in [-0.25, -0.2) is 0 Å². The first kappa shape index (κ1) is 24.0. The minimum Gasteiger partial charge on any atom is -0.544 e. The van der Waals surface area contributed by atoms with E-state index in [4.69, 9.17) is 4.43 Å². The van der Waals surface area contributed by atoms with Crippen LogP contribution in [0.4, 0.5) is 0 Å². The number of benzene rings is 2. The van der Waals surface area contributed by atoms with Gasteiger partial charge in [0.2, 0.25) is 8.32 Å². The van der Waals surface area contributed by atoms with Gasteiger partial charge in [0.25, 0.3) is 0 Å². The average molecular weight is 375 g/mol. The van der Waals surface area contributed by atoms with E-state index in [1.807, 2.05) is 0 Å². The Balaban J connectivity index is 0.00000364. The van der Waals surface area contributed by atoms with E-state index in [1.54, 1.807) is 0 Å². The fourth-order valence-corrected chi connectivity index (χ4v) is 3.85. The minimum absolute atomic E-state index is 0. The molecule has 2 aromatic carbocycles. The van der Waals surface area contributed by atoms with Gasteiger partial charge in [-0.1, -0.05) is 83.7 Å². The van der Waals surface area contributed by atoms with E-state index in [0.717, 1.165) is 12.2 Å². The fourth-order valence-electron chi connectivity index (χ4n) is 2.82. The van der Waals surface area contributed by atoms with Crippen LogP contribution in [0.5, 0.6) is 5.75 Å². The summed E-state index contributed by atoms with van der Waals surface area (Å²) in [5.74, 6) is 2.44. The van der Waals surface area contributed by atoms with E-state index in [-0.39, 0.29) is 23.9 Å². The molecule has 0 radical (unpaired) electrons. The van der Waals surface area contributed by atoms with Crippen LogP contribution in [0.2, 0.25) is 18.1 Å². The van der Waals surface area contributed by atoms with Crippen molar-refractivity contribution in [2.75, 3.05) is 0 Å². The Kier molecular flexibility index (Phi) is 9.29. The van der Waals surface area contributed by atoms with Gasteiger partial charge in [0.15, 0.2) is 0 Å². The largest absolute Gasteiger partial charge is 1.00 e. The first-order chi connectivity index (χ1) is 12.2. The maximum atomic E-state index is 6.43. The Hall–Kier alpha value is -1.08. The summed E-state index contributed by atoms with van der Waals surface area (Å²) in [6, 6.07) is 19.6. The van der Waals surface area contributed by atoms with Crippen LogP contribution < -0.4 is 23.3 Å². The molecule has 0 heterocycles. The number of hydrogen-bond donors (Lipinski definition) is 0. The Morgan fingerprint density at radius 3 is 1.93 bits per heavy atom. The van der Waals surface area contributed by atoms with Crippen molar-refractivity contribution in [2.24, 2.45) is 0 Å². The number of rotatable bonds is 8. The second-order valence-electron chi connectivity index (χ2n) is 8.69. The number of hydrogen-bond acceptors (Lipinski definition) is 1. The topological polar surface area (TPSA) is 9.23 Å². The molecule has 0 aliphatic carbocycles. The third-order valence-corrected chi connectivity index (χ3v) is 9.89. The van der Waals surface area contributed by atoms with E-state index >= 15 is 0 Å². The summed E-state index contributed by atoms with van der Waals surface area (Å²) in [7, 11) is -1.79. The van der Waals surface area contributed by atoms with Gasteiger partial charge < -0.3 is 4.43 Å². The SMILES string of the molecule is CCCCC[C-](c1ccccc1)c1ccc(O[Si](C)(C)C(C)(C)C)cc1.[Li+]. The van der Waals surface area contributed by atoms with Crippen molar-refractivity contribution in [3.63, 3.8) is 0 Å². The van der Waals surface area contributed by atoms with Crippen LogP contribution in [0, 0.1) is 5.92 Å². The summed E-state index contributed by atoms with van der Waals surface area (Å²) in [5, 5.41) is 0.215. The van der Waals surface area contributed by atoms with Crippen molar-refractivity contribution in [3.8, 4) is 5.75 Å². The van der Waals surface area contributed by atoms with Crippen LogP contribution in [0.3, 0.4) is 0 Å². The van der Waals surface area contributed by atoms with Gasteiger partial charge in [0, 0.05) is 0 Å². The molecule has 0 amide bonds. The first-order valence-corrected chi connectivity index (χ1v) is 12.9. The summed E-state index contributed by atoms with van der Waals surface area (Å²) in [6.07, 6.45) is 4.90. The van der Waals surface area contributed by atoms with Gasteiger partial charge in [-0.2, -0.15) is 0 Å². The molecule has 0 aromatic heterocycles. The monoisotopic (exact) mass is 374 g/mol. The van der Waals surface area contributed by atoms with Gasteiger partial charge in [0.05, 0.1) is 5.75 Å². The second kappa shape index (κ2) is 10.5. The molecule has 3 heteroatoms. The maximum Gasteiger partial charge on any atom is 1.00 e. The molecule has 0 N–H and O–H groups in total. The van der Waals surface area contributed by atoms with E-state index in [2.05, 4.69) is 95.4 Å². The number of unbranched alkanes of at least 4 members (excludes halogenated alkanes) is 2. The van der Waals surface area contributed by atoms with Crippen LogP contribution in [-0.4, -0.2) is 8.32 Å². The third-order valence-electron chi connectivity index (χ3n) is 5.53. The van der Waals surface area contributed by atoms with Crippen LogP contribution in [0.15, 0.2) is 54.6 Å². The van der Waals surface area contributed by atoms with E-state index < -0.39 is 8.32 Å². The van der Waals surface area contributed by atoms with Crippen LogP contribution in [-0.2, 0) is 0 Å². The van der Waals surface area contributed by atoms with Crippen molar-refractivity contribution in [1.29, 1.82) is 0 Å². The molecule has 0 saturated carbocycles. The molecule has 142 valence electrons. The standard InChI is InChI=1S/C24H35OSi.Li/c1-7-8-10-15-23(20-13-11-9-12-14-20)21-16-18-22(19-17-21)25-26(5,6)24(2,3)4;/h9,11-14,16-19H,7-8,10,15H2,1-6H3;/q-1;+1. The first-order valence-electron chi connectivity index (χ1n) is 9.95. The molecular weight excluding hydrogens is 339 g/mol. The zero-order valence-electron chi connectivity index (χ0n) is 18.4. The molecule has 0 fully saturated rings. The third kappa shape index (κ3) is 6.79. The summed E-state index contributed by atoms with van der Waals surface area (Å²) in [5.41, 5.74) is 2.65. The smallest absolute Gasteiger partial charge is 0.544 e. The Morgan fingerprint density at radius 1 is 0.852 bits per heavy atom. The quantitative estimate of drug-likeness (QED) is 0.372.